The maximum atomic E-state index is 4.52. The number of aromatic nitrogens is 2. The first-order valence-electron chi connectivity index (χ1n) is 4.40. The first kappa shape index (κ1) is 8.99. The van der Waals surface area contributed by atoms with E-state index < -0.39 is 0 Å². The Morgan fingerprint density at radius 3 is 2.92 bits per heavy atom. The number of nitrogens with zero attached hydrogens (tertiary/aromatic N) is 1. The molecule has 1 heterocycles. The van der Waals surface area contributed by atoms with Crippen molar-refractivity contribution in [3.05, 3.63) is 30.1 Å². The predicted octanol–water partition coefficient (Wildman–Crippen LogP) is 3.45. The first-order chi connectivity index (χ1) is 6.31. The Kier molecular flexibility index (Phi) is 2.53. The lowest BCUT2D eigenvalue weighted by Gasteiger charge is -1.99. The standard InChI is InChI=1S/C10H11IN2/c1-2-7(11)10-12-8-5-3-4-6-9(8)13-10/h3-7H,2H2,1H3,(H,12,13). The van der Waals surface area contributed by atoms with Crippen LogP contribution in [0.4, 0.5) is 0 Å². The topological polar surface area (TPSA) is 28.7 Å². The smallest absolute Gasteiger partial charge is 0.120 e. The zero-order valence-corrected chi connectivity index (χ0v) is 9.58. The van der Waals surface area contributed by atoms with Crippen molar-refractivity contribution < 1.29 is 0 Å². The highest BCUT2D eigenvalue weighted by Gasteiger charge is 2.08. The van der Waals surface area contributed by atoms with Gasteiger partial charge in [-0.2, -0.15) is 0 Å². The maximum absolute atomic E-state index is 4.52. The van der Waals surface area contributed by atoms with Crippen molar-refractivity contribution in [2.75, 3.05) is 0 Å². The van der Waals surface area contributed by atoms with Crippen LogP contribution < -0.4 is 0 Å². The van der Waals surface area contributed by atoms with Gasteiger partial charge in [0.2, 0.25) is 0 Å². The molecule has 3 heteroatoms. The van der Waals surface area contributed by atoms with Crippen LogP contribution in [0.1, 0.15) is 23.1 Å². The molecule has 2 aromatic rings. The third-order valence-electron chi connectivity index (χ3n) is 2.06. The van der Waals surface area contributed by atoms with E-state index in [2.05, 4.69) is 45.5 Å². The van der Waals surface area contributed by atoms with Crippen LogP contribution in [0.15, 0.2) is 24.3 Å². The second-order valence-corrected chi connectivity index (χ2v) is 4.52. The number of H-pyrrole nitrogens is 1. The van der Waals surface area contributed by atoms with Crippen LogP contribution in [0.2, 0.25) is 0 Å². The van der Waals surface area contributed by atoms with Gasteiger partial charge in [-0.1, -0.05) is 41.6 Å². The second-order valence-electron chi connectivity index (χ2n) is 3.01. The highest BCUT2D eigenvalue weighted by atomic mass is 127. The van der Waals surface area contributed by atoms with Crippen molar-refractivity contribution in [3.63, 3.8) is 0 Å². The molecule has 0 bridgehead atoms. The minimum atomic E-state index is 0.491. The number of alkyl halides is 1. The van der Waals surface area contributed by atoms with Crippen molar-refractivity contribution in [1.82, 2.24) is 9.97 Å². The van der Waals surface area contributed by atoms with Crippen LogP contribution in [0, 0.1) is 0 Å². The molecule has 2 nitrogen and oxygen atoms in total. The summed E-state index contributed by atoms with van der Waals surface area (Å²) in [6, 6.07) is 8.14. The molecule has 0 aliphatic heterocycles. The Labute approximate surface area is 90.9 Å². The third kappa shape index (κ3) is 1.70. The second kappa shape index (κ2) is 3.65. The van der Waals surface area contributed by atoms with E-state index in [0.717, 1.165) is 23.3 Å². The Balaban J connectivity index is 2.49. The number of nitrogens with one attached hydrogen (secondary N) is 1. The fraction of sp³-hybridized carbons (Fsp3) is 0.300. The van der Waals surface area contributed by atoms with Gasteiger partial charge in [0.05, 0.1) is 15.0 Å². The number of aromatic amines is 1. The minimum Gasteiger partial charge on any atom is -0.341 e. The molecule has 1 N–H and O–H groups in total. The van der Waals surface area contributed by atoms with Crippen LogP contribution in [-0.2, 0) is 0 Å². The number of halogens is 1. The molecule has 1 aromatic heterocycles. The summed E-state index contributed by atoms with van der Waals surface area (Å²) < 4.78 is 0.491. The summed E-state index contributed by atoms with van der Waals surface area (Å²) >= 11 is 2.41. The van der Waals surface area contributed by atoms with E-state index in [4.69, 9.17) is 0 Å². The number of hydrogen-bond acceptors (Lipinski definition) is 1. The summed E-state index contributed by atoms with van der Waals surface area (Å²) in [7, 11) is 0. The van der Waals surface area contributed by atoms with E-state index >= 15 is 0 Å². The molecule has 0 radical (unpaired) electrons. The summed E-state index contributed by atoms with van der Waals surface area (Å²) in [6.45, 7) is 2.17. The molecule has 0 spiro atoms. The first-order valence-corrected chi connectivity index (χ1v) is 5.64. The normalized spacial score (nSPS) is 13.4. The molecule has 68 valence electrons. The predicted molar refractivity (Wildman–Crippen MR) is 63.1 cm³/mol. The van der Waals surface area contributed by atoms with E-state index in [1.54, 1.807) is 0 Å². The number of hydrogen-bond donors (Lipinski definition) is 1. The molecule has 0 fully saturated rings. The number of rotatable bonds is 2. The van der Waals surface area contributed by atoms with E-state index in [-0.39, 0.29) is 0 Å². The van der Waals surface area contributed by atoms with Gasteiger partial charge in [0.15, 0.2) is 0 Å². The summed E-state index contributed by atoms with van der Waals surface area (Å²) in [5.74, 6) is 1.09. The number of imidazole rings is 1. The fourth-order valence-electron chi connectivity index (χ4n) is 1.31. The van der Waals surface area contributed by atoms with E-state index in [9.17, 15) is 0 Å². The van der Waals surface area contributed by atoms with E-state index in [1.807, 2.05) is 18.2 Å². The van der Waals surface area contributed by atoms with Crippen molar-refractivity contribution in [3.8, 4) is 0 Å². The van der Waals surface area contributed by atoms with E-state index in [1.165, 1.54) is 0 Å². The molecule has 1 unspecified atom stereocenters. The monoisotopic (exact) mass is 286 g/mol. The van der Waals surface area contributed by atoms with Gasteiger partial charge in [-0.3, -0.25) is 0 Å². The molecular formula is C10H11IN2. The summed E-state index contributed by atoms with van der Waals surface area (Å²) in [4.78, 5) is 7.85. The largest absolute Gasteiger partial charge is 0.341 e. The molecule has 13 heavy (non-hydrogen) atoms. The van der Waals surface area contributed by atoms with Crippen molar-refractivity contribution >= 4 is 33.6 Å². The lowest BCUT2D eigenvalue weighted by atomic mass is 10.3. The molecular weight excluding hydrogens is 275 g/mol. The highest BCUT2D eigenvalue weighted by molar-refractivity contribution is 14.1. The lowest BCUT2D eigenvalue weighted by Crippen LogP contribution is -1.89. The summed E-state index contributed by atoms with van der Waals surface area (Å²) in [6.07, 6.45) is 1.11. The Morgan fingerprint density at radius 2 is 2.23 bits per heavy atom. The molecule has 0 aliphatic rings. The lowest BCUT2D eigenvalue weighted by molar-refractivity contribution is 0.867. The van der Waals surface area contributed by atoms with Crippen molar-refractivity contribution in [1.29, 1.82) is 0 Å². The average molecular weight is 286 g/mol. The van der Waals surface area contributed by atoms with Gasteiger partial charge >= 0.3 is 0 Å². The van der Waals surface area contributed by atoms with Gasteiger partial charge < -0.3 is 4.98 Å². The number of para-hydroxylation sites is 2. The van der Waals surface area contributed by atoms with Crippen LogP contribution in [-0.4, -0.2) is 9.97 Å². The molecule has 0 amide bonds. The Hall–Kier alpha value is -0.580. The molecule has 1 atom stereocenters. The minimum absolute atomic E-state index is 0.491. The maximum Gasteiger partial charge on any atom is 0.120 e. The van der Waals surface area contributed by atoms with Gasteiger partial charge in [0.1, 0.15) is 5.82 Å². The quantitative estimate of drug-likeness (QED) is 0.665. The van der Waals surface area contributed by atoms with Crippen LogP contribution >= 0.6 is 22.6 Å². The fourth-order valence-corrected chi connectivity index (χ4v) is 1.61. The number of benzene rings is 1. The summed E-state index contributed by atoms with van der Waals surface area (Å²) in [5, 5.41) is 0. The molecule has 1 aromatic carbocycles. The van der Waals surface area contributed by atoms with Crippen molar-refractivity contribution in [2.24, 2.45) is 0 Å². The van der Waals surface area contributed by atoms with E-state index in [0.29, 0.717) is 3.92 Å². The van der Waals surface area contributed by atoms with Crippen LogP contribution in [0.3, 0.4) is 0 Å². The van der Waals surface area contributed by atoms with Gasteiger partial charge in [0, 0.05) is 0 Å². The SMILES string of the molecule is CCC(I)c1nc2ccccc2[nH]1. The van der Waals surface area contributed by atoms with Gasteiger partial charge in [-0.15, -0.1) is 0 Å². The zero-order valence-electron chi connectivity index (χ0n) is 7.42. The average Bonchev–Trinajstić information content (AvgIpc) is 2.59. The van der Waals surface area contributed by atoms with Gasteiger partial charge in [0.25, 0.3) is 0 Å². The third-order valence-corrected chi connectivity index (χ3v) is 3.53. The Morgan fingerprint density at radius 1 is 1.46 bits per heavy atom. The van der Waals surface area contributed by atoms with Gasteiger partial charge in [-0.25, -0.2) is 4.98 Å². The van der Waals surface area contributed by atoms with Crippen LogP contribution in [0.25, 0.3) is 11.0 Å². The molecule has 2 rings (SSSR count). The summed E-state index contributed by atoms with van der Waals surface area (Å²) in [5.41, 5.74) is 2.19. The zero-order chi connectivity index (χ0) is 9.26. The highest BCUT2D eigenvalue weighted by Crippen LogP contribution is 2.25. The molecule has 0 saturated carbocycles. The molecule has 0 saturated heterocycles. The molecule has 0 aliphatic carbocycles. The number of fused-ring (bicyclic) bond motifs is 1. The Bertz CT molecular complexity index is 375. The van der Waals surface area contributed by atoms with Crippen LogP contribution in [0.5, 0.6) is 0 Å². The van der Waals surface area contributed by atoms with Gasteiger partial charge in [-0.05, 0) is 18.6 Å². The van der Waals surface area contributed by atoms with Crippen molar-refractivity contribution in [2.45, 2.75) is 17.3 Å².